The Bertz CT molecular complexity index is 496. The molecule has 18 heavy (non-hydrogen) atoms. The lowest BCUT2D eigenvalue weighted by atomic mass is 9.98. The SMILES string of the molecule is CC(CC(=O)Nc1ccccn1)c1ccccc1. The van der Waals surface area contributed by atoms with Gasteiger partial charge in [-0.3, -0.25) is 4.79 Å². The predicted octanol–water partition coefficient (Wildman–Crippen LogP) is 3.21. The fourth-order valence-corrected chi connectivity index (χ4v) is 1.81. The zero-order valence-corrected chi connectivity index (χ0v) is 10.3. The van der Waals surface area contributed by atoms with E-state index in [1.165, 1.54) is 5.56 Å². The minimum atomic E-state index is -0.00921. The minimum absolute atomic E-state index is 0.00921. The van der Waals surface area contributed by atoms with Gasteiger partial charge in [0.2, 0.25) is 5.91 Å². The van der Waals surface area contributed by atoms with E-state index in [9.17, 15) is 4.79 Å². The molecule has 0 saturated carbocycles. The topological polar surface area (TPSA) is 42.0 Å². The third-order valence-corrected chi connectivity index (χ3v) is 2.79. The lowest BCUT2D eigenvalue weighted by molar-refractivity contribution is -0.116. The number of aromatic nitrogens is 1. The van der Waals surface area contributed by atoms with Gasteiger partial charge in [0.1, 0.15) is 5.82 Å². The van der Waals surface area contributed by atoms with Crippen LogP contribution in [0.1, 0.15) is 24.8 Å². The normalized spacial score (nSPS) is 11.8. The van der Waals surface area contributed by atoms with Crippen molar-refractivity contribution in [3.8, 4) is 0 Å². The van der Waals surface area contributed by atoms with E-state index in [0.29, 0.717) is 12.2 Å². The number of nitrogens with one attached hydrogen (secondary N) is 1. The Labute approximate surface area is 107 Å². The number of rotatable bonds is 4. The van der Waals surface area contributed by atoms with Gasteiger partial charge in [-0.1, -0.05) is 43.3 Å². The summed E-state index contributed by atoms with van der Waals surface area (Å²) >= 11 is 0. The molecule has 0 saturated heterocycles. The first-order valence-electron chi connectivity index (χ1n) is 6.01. The minimum Gasteiger partial charge on any atom is -0.311 e. The molecular formula is C15H16N2O. The maximum Gasteiger partial charge on any atom is 0.226 e. The van der Waals surface area contributed by atoms with Crippen molar-refractivity contribution < 1.29 is 4.79 Å². The summed E-state index contributed by atoms with van der Waals surface area (Å²) in [6.07, 6.45) is 2.12. The molecule has 1 heterocycles. The highest BCUT2D eigenvalue weighted by molar-refractivity contribution is 5.90. The first-order valence-corrected chi connectivity index (χ1v) is 6.01. The summed E-state index contributed by atoms with van der Waals surface area (Å²) in [5.74, 6) is 0.794. The number of amides is 1. The van der Waals surface area contributed by atoms with Crippen molar-refractivity contribution in [3.63, 3.8) is 0 Å². The number of nitrogens with zero attached hydrogens (tertiary/aromatic N) is 1. The fourth-order valence-electron chi connectivity index (χ4n) is 1.81. The fraction of sp³-hybridized carbons (Fsp3) is 0.200. The highest BCUT2D eigenvalue weighted by Gasteiger charge is 2.11. The molecule has 0 fully saturated rings. The van der Waals surface area contributed by atoms with Crippen molar-refractivity contribution in [1.29, 1.82) is 0 Å². The highest BCUT2D eigenvalue weighted by atomic mass is 16.1. The summed E-state index contributed by atoms with van der Waals surface area (Å²) in [6, 6.07) is 15.5. The Kier molecular flexibility index (Phi) is 4.07. The van der Waals surface area contributed by atoms with Crippen LogP contribution in [0.4, 0.5) is 5.82 Å². The third kappa shape index (κ3) is 3.42. The van der Waals surface area contributed by atoms with Gasteiger partial charge >= 0.3 is 0 Å². The van der Waals surface area contributed by atoms with Crippen LogP contribution in [-0.4, -0.2) is 10.9 Å². The van der Waals surface area contributed by atoms with Gasteiger partial charge in [-0.15, -0.1) is 0 Å². The molecule has 1 amide bonds. The average Bonchev–Trinajstić information content (AvgIpc) is 2.40. The molecule has 0 aliphatic rings. The van der Waals surface area contributed by atoms with Gasteiger partial charge in [-0.25, -0.2) is 4.98 Å². The van der Waals surface area contributed by atoms with Crippen LogP contribution < -0.4 is 5.32 Å². The Morgan fingerprint density at radius 2 is 1.89 bits per heavy atom. The Morgan fingerprint density at radius 3 is 2.56 bits per heavy atom. The molecule has 1 unspecified atom stereocenters. The van der Waals surface area contributed by atoms with Gasteiger partial charge in [-0.05, 0) is 23.6 Å². The summed E-state index contributed by atoms with van der Waals surface area (Å²) in [7, 11) is 0. The van der Waals surface area contributed by atoms with Crippen LogP contribution in [0, 0.1) is 0 Å². The molecule has 1 N–H and O–H groups in total. The maximum atomic E-state index is 11.8. The quantitative estimate of drug-likeness (QED) is 0.891. The molecule has 3 nitrogen and oxygen atoms in total. The lowest BCUT2D eigenvalue weighted by Gasteiger charge is -2.11. The van der Waals surface area contributed by atoms with E-state index in [-0.39, 0.29) is 11.8 Å². The number of hydrogen-bond donors (Lipinski definition) is 1. The Hall–Kier alpha value is -2.16. The van der Waals surface area contributed by atoms with E-state index in [2.05, 4.69) is 10.3 Å². The standard InChI is InChI=1S/C15H16N2O/c1-12(13-7-3-2-4-8-13)11-15(18)17-14-9-5-6-10-16-14/h2-10,12H,11H2,1H3,(H,16,17,18). The number of anilines is 1. The first-order chi connectivity index (χ1) is 8.75. The molecule has 2 aromatic rings. The van der Waals surface area contributed by atoms with Crippen LogP contribution in [-0.2, 0) is 4.79 Å². The van der Waals surface area contributed by atoms with Crippen molar-refractivity contribution in [1.82, 2.24) is 4.98 Å². The van der Waals surface area contributed by atoms with Crippen molar-refractivity contribution in [2.45, 2.75) is 19.3 Å². The molecule has 0 spiro atoms. The number of hydrogen-bond acceptors (Lipinski definition) is 2. The molecule has 0 aliphatic heterocycles. The maximum absolute atomic E-state index is 11.8. The second kappa shape index (κ2) is 5.96. The molecular weight excluding hydrogens is 224 g/mol. The molecule has 1 atom stereocenters. The van der Waals surface area contributed by atoms with E-state index in [1.54, 1.807) is 12.3 Å². The van der Waals surface area contributed by atoms with Gasteiger partial charge in [-0.2, -0.15) is 0 Å². The van der Waals surface area contributed by atoms with E-state index in [1.807, 2.05) is 49.4 Å². The van der Waals surface area contributed by atoms with Crippen LogP contribution in [0.25, 0.3) is 0 Å². The molecule has 1 aromatic carbocycles. The number of pyridine rings is 1. The van der Waals surface area contributed by atoms with Gasteiger partial charge in [0.25, 0.3) is 0 Å². The average molecular weight is 240 g/mol. The molecule has 92 valence electrons. The number of carbonyl (C=O) groups excluding carboxylic acids is 1. The molecule has 0 bridgehead atoms. The van der Waals surface area contributed by atoms with Gasteiger partial charge in [0, 0.05) is 12.6 Å². The summed E-state index contributed by atoms with van der Waals surface area (Å²) < 4.78 is 0. The zero-order valence-electron chi connectivity index (χ0n) is 10.3. The first kappa shape index (κ1) is 12.3. The van der Waals surface area contributed by atoms with Crippen LogP contribution in [0.5, 0.6) is 0 Å². The highest BCUT2D eigenvalue weighted by Crippen LogP contribution is 2.18. The van der Waals surface area contributed by atoms with Crippen LogP contribution in [0.15, 0.2) is 54.7 Å². The largest absolute Gasteiger partial charge is 0.311 e. The molecule has 2 rings (SSSR count). The number of benzene rings is 1. The molecule has 0 aliphatic carbocycles. The van der Waals surface area contributed by atoms with Crippen molar-refractivity contribution in [2.24, 2.45) is 0 Å². The Morgan fingerprint density at radius 1 is 1.17 bits per heavy atom. The van der Waals surface area contributed by atoms with E-state index in [4.69, 9.17) is 0 Å². The van der Waals surface area contributed by atoms with Gasteiger partial charge in [0.15, 0.2) is 0 Å². The lowest BCUT2D eigenvalue weighted by Crippen LogP contribution is -2.15. The van der Waals surface area contributed by atoms with E-state index < -0.39 is 0 Å². The molecule has 1 aromatic heterocycles. The molecule has 3 heteroatoms. The smallest absolute Gasteiger partial charge is 0.226 e. The van der Waals surface area contributed by atoms with Crippen LogP contribution in [0.2, 0.25) is 0 Å². The van der Waals surface area contributed by atoms with E-state index >= 15 is 0 Å². The Balaban J connectivity index is 1.92. The monoisotopic (exact) mass is 240 g/mol. The van der Waals surface area contributed by atoms with Crippen molar-refractivity contribution in [3.05, 3.63) is 60.3 Å². The second-order valence-electron chi connectivity index (χ2n) is 4.28. The van der Waals surface area contributed by atoms with Crippen molar-refractivity contribution >= 4 is 11.7 Å². The summed E-state index contributed by atoms with van der Waals surface area (Å²) in [4.78, 5) is 15.9. The van der Waals surface area contributed by atoms with Gasteiger partial charge < -0.3 is 5.32 Å². The number of carbonyl (C=O) groups is 1. The predicted molar refractivity (Wildman–Crippen MR) is 72.3 cm³/mol. The second-order valence-corrected chi connectivity index (χ2v) is 4.28. The van der Waals surface area contributed by atoms with Crippen molar-refractivity contribution in [2.75, 3.05) is 5.32 Å². The third-order valence-electron chi connectivity index (χ3n) is 2.79. The van der Waals surface area contributed by atoms with Crippen LogP contribution >= 0.6 is 0 Å². The van der Waals surface area contributed by atoms with E-state index in [0.717, 1.165) is 0 Å². The summed E-state index contributed by atoms with van der Waals surface area (Å²) in [5, 5.41) is 2.79. The van der Waals surface area contributed by atoms with Gasteiger partial charge in [0.05, 0.1) is 0 Å². The summed E-state index contributed by atoms with van der Waals surface area (Å²) in [5.41, 5.74) is 1.17. The van der Waals surface area contributed by atoms with Crippen LogP contribution in [0.3, 0.4) is 0 Å². The molecule has 0 radical (unpaired) electrons. The zero-order chi connectivity index (χ0) is 12.8. The summed E-state index contributed by atoms with van der Waals surface area (Å²) in [6.45, 7) is 2.05.